The number of benzene rings is 1. The molecule has 1 atom stereocenters. The Kier molecular flexibility index (Phi) is 5.26. The molecule has 0 aliphatic heterocycles. The van der Waals surface area contributed by atoms with Crippen LogP contribution in [0.15, 0.2) is 24.3 Å². The molecule has 2 aromatic rings. The smallest absolute Gasteiger partial charge is 0.131 e. The van der Waals surface area contributed by atoms with Gasteiger partial charge in [0.05, 0.1) is 16.4 Å². The maximum Gasteiger partial charge on any atom is 0.131 e. The van der Waals surface area contributed by atoms with Gasteiger partial charge >= 0.3 is 0 Å². The van der Waals surface area contributed by atoms with E-state index in [4.69, 9.17) is 16.3 Å². The first-order valence-corrected chi connectivity index (χ1v) is 7.54. The highest BCUT2D eigenvalue weighted by molar-refractivity contribution is 6.31. The summed E-state index contributed by atoms with van der Waals surface area (Å²) in [5, 5.41) is 8.32. The highest BCUT2D eigenvalue weighted by atomic mass is 35.5. The Labute approximate surface area is 131 Å². The molecule has 0 saturated carbocycles. The van der Waals surface area contributed by atoms with Crippen molar-refractivity contribution >= 4 is 11.6 Å². The summed E-state index contributed by atoms with van der Waals surface area (Å²) in [5.41, 5.74) is 3.01. The van der Waals surface area contributed by atoms with E-state index in [2.05, 4.69) is 23.4 Å². The molecule has 0 bridgehead atoms. The molecule has 5 heteroatoms. The van der Waals surface area contributed by atoms with Gasteiger partial charge in [-0.2, -0.15) is 5.10 Å². The first kappa shape index (κ1) is 15.9. The Bertz CT molecular complexity index is 610. The maximum atomic E-state index is 6.33. The molecule has 21 heavy (non-hydrogen) atoms. The zero-order valence-electron chi connectivity index (χ0n) is 13.0. The van der Waals surface area contributed by atoms with E-state index < -0.39 is 0 Å². The van der Waals surface area contributed by atoms with Gasteiger partial charge in [-0.1, -0.05) is 30.7 Å². The van der Waals surface area contributed by atoms with E-state index in [1.807, 2.05) is 39.2 Å². The molecule has 114 valence electrons. The second-order valence-corrected chi connectivity index (χ2v) is 5.43. The SMILES string of the molecule is CCc1nn(C)c(COc2cccc(C(C)NC)c2)c1Cl. The largest absolute Gasteiger partial charge is 0.487 e. The minimum Gasteiger partial charge on any atom is -0.487 e. The van der Waals surface area contributed by atoms with Crippen molar-refractivity contribution in [1.82, 2.24) is 15.1 Å². The van der Waals surface area contributed by atoms with Crippen molar-refractivity contribution in [3.05, 3.63) is 46.2 Å². The Morgan fingerprint density at radius 3 is 2.81 bits per heavy atom. The molecule has 1 aromatic heterocycles. The van der Waals surface area contributed by atoms with Crippen LogP contribution >= 0.6 is 11.6 Å². The number of aromatic nitrogens is 2. The molecule has 0 aliphatic carbocycles. The minimum atomic E-state index is 0.292. The van der Waals surface area contributed by atoms with Gasteiger partial charge in [0.25, 0.3) is 0 Å². The molecule has 0 fully saturated rings. The summed E-state index contributed by atoms with van der Waals surface area (Å²) < 4.78 is 7.67. The Balaban J connectivity index is 2.11. The Morgan fingerprint density at radius 1 is 1.43 bits per heavy atom. The fraction of sp³-hybridized carbons (Fsp3) is 0.438. The zero-order chi connectivity index (χ0) is 15.4. The van der Waals surface area contributed by atoms with Crippen molar-refractivity contribution in [2.24, 2.45) is 7.05 Å². The van der Waals surface area contributed by atoms with Gasteiger partial charge in [-0.3, -0.25) is 4.68 Å². The highest BCUT2D eigenvalue weighted by Crippen LogP contribution is 2.24. The summed E-state index contributed by atoms with van der Waals surface area (Å²) in [6, 6.07) is 8.38. The third-order valence-corrected chi connectivity index (χ3v) is 4.11. The summed E-state index contributed by atoms with van der Waals surface area (Å²) in [5.74, 6) is 0.838. The van der Waals surface area contributed by atoms with Crippen molar-refractivity contribution in [2.45, 2.75) is 32.9 Å². The quantitative estimate of drug-likeness (QED) is 0.888. The van der Waals surface area contributed by atoms with Crippen LogP contribution in [0.3, 0.4) is 0 Å². The van der Waals surface area contributed by atoms with Gasteiger partial charge in [0, 0.05) is 13.1 Å². The van der Waals surface area contributed by atoms with Crippen molar-refractivity contribution in [3.8, 4) is 5.75 Å². The molecule has 0 aliphatic rings. The molecular formula is C16H22ClN3O. The third-order valence-electron chi connectivity index (χ3n) is 3.67. The molecule has 1 unspecified atom stereocenters. The number of nitrogens with zero attached hydrogens (tertiary/aromatic N) is 2. The monoisotopic (exact) mass is 307 g/mol. The van der Waals surface area contributed by atoms with E-state index >= 15 is 0 Å². The topological polar surface area (TPSA) is 39.1 Å². The average Bonchev–Trinajstić information content (AvgIpc) is 2.78. The second kappa shape index (κ2) is 6.96. The number of halogens is 1. The second-order valence-electron chi connectivity index (χ2n) is 5.06. The van der Waals surface area contributed by atoms with Crippen molar-refractivity contribution < 1.29 is 4.74 Å². The van der Waals surface area contributed by atoms with Gasteiger partial charge < -0.3 is 10.1 Å². The highest BCUT2D eigenvalue weighted by Gasteiger charge is 2.13. The van der Waals surface area contributed by atoms with Crippen LogP contribution in [0.2, 0.25) is 5.02 Å². The van der Waals surface area contributed by atoms with E-state index in [1.165, 1.54) is 5.56 Å². The molecule has 0 amide bonds. The van der Waals surface area contributed by atoms with Crippen LogP contribution in [-0.4, -0.2) is 16.8 Å². The molecule has 2 rings (SSSR count). The first-order chi connectivity index (χ1) is 10.1. The fourth-order valence-corrected chi connectivity index (χ4v) is 2.52. The molecule has 1 N–H and O–H groups in total. The summed E-state index contributed by atoms with van der Waals surface area (Å²) in [6.07, 6.45) is 0.821. The number of nitrogens with one attached hydrogen (secondary N) is 1. The number of hydrogen-bond acceptors (Lipinski definition) is 3. The van der Waals surface area contributed by atoms with Gasteiger partial charge in [-0.15, -0.1) is 0 Å². The molecule has 0 radical (unpaired) electrons. The average molecular weight is 308 g/mol. The zero-order valence-corrected chi connectivity index (χ0v) is 13.7. The van der Waals surface area contributed by atoms with Gasteiger partial charge in [0.15, 0.2) is 0 Å². The molecule has 1 heterocycles. The summed E-state index contributed by atoms with van der Waals surface area (Å²) in [4.78, 5) is 0. The van der Waals surface area contributed by atoms with E-state index in [-0.39, 0.29) is 0 Å². The standard InChI is InChI=1S/C16H22ClN3O/c1-5-14-16(17)15(20(4)19-14)10-21-13-8-6-7-12(9-13)11(2)18-3/h6-9,11,18H,5,10H2,1-4H3. The van der Waals surface area contributed by atoms with Crippen LogP contribution in [0.4, 0.5) is 0 Å². The summed E-state index contributed by atoms with van der Waals surface area (Å²) in [6.45, 7) is 4.58. The molecular weight excluding hydrogens is 286 g/mol. The van der Waals surface area contributed by atoms with Crippen molar-refractivity contribution in [1.29, 1.82) is 0 Å². The van der Waals surface area contributed by atoms with Crippen LogP contribution in [0, 0.1) is 0 Å². The number of ether oxygens (including phenoxy) is 1. The van der Waals surface area contributed by atoms with E-state index in [1.54, 1.807) is 4.68 Å². The number of hydrogen-bond donors (Lipinski definition) is 1. The third kappa shape index (κ3) is 3.57. The lowest BCUT2D eigenvalue weighted by Gasteiger charge is -2.13. The lowest BCUT2D eigenvalue weighted by molar-refractivity contribution is 0.294. The predicted octanol–water partition coefficient (Wildman–Crippen LogP) is 3.50. The van der Waals surface area contributed by atoms with Gasteiger partial charge in [0.2, 0.25) is 0 Å². The van der Waals surface area contributed by atoms with Gasteiger partial charge in [0.1, 0.15) is 12.4 Å². The number of aryl methyl sites for hydroxylation is 2. The van der Waals surface area contributed by atoms with Crippen LogP contribution in [-0.2, 0) is 20.1 Å². The van der Waals surface area contributed by atoms with E-state index in [0.717, 1.165) is 23.6 Å². The number of rotatable bonds is 6. The summed E-state index contributed by atoms with van der Waals surface area (Å²) in [7, 11) is 3.84. The maximum absolute atomic E-state index is 6.33. The van der Waals surface area contributed by atoms with Gasteiger partial charge in [-0.25, -0.2) is 0 Å². The van der Waals surface area contributed by atoms with Crippen LogP contribution in [0.1, 0.15) is 36.8 Å². The van der Waals surface area contributed by atoms with E-state index in [9.17, 15) is 0 Å². The molecule has 1 aromatic carbocycles. The fourth-order valence-electron chi connectivity index (χ4n) is 2.17. The van der Waals surface area contributed by atoms with Crippen LogP contribution in [0.5, 0.6) is 5.75 Å². The van der Waals surface area contributed by atoms with E-state index in [0.29, 0.717) is 17.7 Å². The van der Waals surface area contributed by atoms with Crippen molar-refractivity contribution in [3.63, 3.8) is 0 Å². The predicted molar refractivity (Wildman–Crippen MR) is 85.8 cm³/mol. The lowest BCUT2D eigenvalue weighted by Crippen LogP contribution is -2.12. The first-order valence-electron chi connectivity index (χ1n) is 7.17. The Morgan fingerprint density at radius 2 is 2.19 bits per heavy atom. The normalized spacial score (nSPS) is 12.4. The molecule has 0 spiro atoms. The molecule has 0 saturated heterocycles. The lowest BCUT2D eigenvalue weighted by atomic mass is 10.1. The molecule has 4 nitrogen and oxygen atoms in total. The summed E-state index contributed by atoms with van der Waals surface area (Å²) >= 11 is 6.33. The van der Waals surface area contributed by atoms with Gasteiger partial charge in [-0.05, 0) is 38.1 Å². The van der Waals surface area contributed by atoms with Crippen LogP contribution < -0.4 is 10.1 Å². The van der Waals surface area contributed by atoms with Crippen LogP contribution in [0.25, 0.3) is 0 Å². The Hall–Kier alpha value is -1.52. The minimum absolute atomic E-state index is 0.292. The van der Waals surface area contributed by atoms with Crippen molar-refractivity contribution in [2.75, 3.05) is 7.05 Å².